The van der Waals surface area contributed by atoms with E-state index in [4.69, 9.17) is 20.6 Å². The molecule has 3 unspecified atom stereocenters. The van der Waals surface area contributed by atoms with Gasteiger partial charge in [0.05, 0.1) is 35.9 Å². The van der Waals surface area contributed by atoms with Crippen molar-refractivity contribution in [2.45, 2.75) is 43.6 Å². The van der Waals surface area contributed by atoms with E-state index >= 15 is 0 Å². The van der Waals surface area contributed by atoms with Crippen LogP contribution in [0.1, 0.15) is 36.7 Å². The molecule has 1 saturated carbocycles. The molecule has 1 aromatic carbocycles. The van der Waals surface area contributed by atoms with Crippen LogP contribution in [-0.4, -0.2) is 46.3 Å². The number of rotatable bonds is 4. The lowest BCUT2D eigenvalue weighted by Gasteiger charge is -2.40. The van der Waals surface area contributed by atoms with Crippen molar-refractivity contribution in [3.63, 3.8) is 0 Å². The Hall–Kier alpha value is -2.93. The number of ether oxygens (including phenoxy) is 1. The van der Waals surface area contributed by atoms with Crippen LogP contribution in [0.5, 0.6) is 0 Å². The van der Waals surface area contributed by atoms with Crippen molar-refractivity contribution < 1.29 is 9.53 Å². The molecule has 1 aliphatic carbocycles. The summed E-state index contributed by atoms with van der Waals surface area (Å²) < 4.78 is 7.63. The van der Waals surface area contributed by atoms with Crippen LogP contribution in [0.25, 0.3) is 5.65 Å². The van der Waals surface area contributed by atoms with Gasteiger partial charge in [-0.15, -0.1) is 0 Å². The SMILES string of the molecule is Cc1cc(N2CC[C@](C)(c3ccccc3)C2)cn2nc(C34COC(C3)C4C(N)=O)nc12. The summed E-state index contributed by atoms with van der Waals surface area (Å²) >= 11 is 0. The first kappa shape index (κ1) is 18.8. The lowest BCUT2D eigenvalue weighted by Crippen LogP contribution is -2.55. The molecule has 3 saturated heterocycles. The summed E-state index contributed by atoms with van der Waals surface area (Å²) in [4.78, 5) is 19.2. The van der Waals surface area contributed by atoms with Crippen molar-refractivity contribution in [3.05, 3.63) is 59.5 Å². The van der Waals surface area contributed by atoms with E-state index in [2.05, 4.69) is 61.3 Å². The highest BCUT2D eigenvalue weighted by molar-refractivity contribution is 5.81. The van der Waals surface area contributed by atoms with Crippen molar-refractivity contribution in [1.82, 2.24) is 14.6 Å². The minimum absolute atomic E-state index is 0.0824. The number of nitrogens with zero attached hydrogens (tertiary/aromatic N) is 4. The maximum Gasteiger partial charge on any atom is 0.224 e. The first-order chi connectivity index (χ1) is 14.9. The molecule has 4 aliphatic rings. The lowest BCUT2D eigenvalue weighted by molar-refractivity contribution is -0.129. The van der Waals surface area contributed by atoms with Crippen LogP contribution in [0, 0.1) is 12.8 Å². The van der Waals surface area contributed by atoms with Gasteiger partial charge in [-0.25, -0.2) is 9.50 Å². The smallest absolute Gasteiger partial charge is 0.224 e. The van der Waals surface area contributed by atoms with Crippen LogP contribution in [0.2, 0.25) is 0 Å². The number of fused-ring (bicyclic) bond motifs is 2. The van der Waals surface area contributed by atoms with Crippen LogP contribution in [0.4, 0.5) is 5.69 Å². The molecule has 2 bridgehead atoms. The third kappa shape index (κ3) is 2.59. The fourth-order valence-electron chi connectivity index (χ4n) is 5.88. The van der Waals surface area contributed by atoms with E-state index in [1.165, 1.54) is 5.56 Å². The molecule has 1 amide bonds. The molecule has 2 N–H and O–H groups in total. The molecule has 7 heteroatoms. The van der Waals surface area contributed by atoms with E-state index in [0.29, 0.717) is 12.4 Å². The highest BCUT2D eigenvalue weighted by Crippen LogP contribution is 2.55. The number of benzene rings is 1. The molecule has 2 aromatic heterocycles. The summed E-state index contributed by atoms with van der Waals surface area (Å²) in [6.45, 7) is 6.85. The molecule has 4 atom stereocenters. The number of hydrogen-bond donors (Lipinski definition) is 1. The number of amides is 1. The Morgan fingerprint density at radius 2 is 2.10 bits per heavy atom. The van der Waals surface area contributed by atoms with Gasteiger partial charge in [0.1, 0.15) is 0 Å². The fraction of sp³-hybridized carbons (Fsp3) is 0.458. The number of aryl methyl sites for hydroxylation is 1. The Labute approximate surface area is 181 Å². The van der Waals surface area contributed by atoms with E-state index in [-0.39, 0.29) is 23.3 Å². The number of carbonyl (C=O) groups is 1. The highest BCUT2D eigenvalue weighted by Gasteiger charge is 2.66. The average Bonchev–Trinajstić information content (AvgIpc) is 3.50. The Kier molecular flexibility index (Phi) is 3.82. The second-order valence-corrected chi connectivity index (χ2v) is 9.77. The molecule has 5 heterocycles. The zero-order valence-electron chi connectivity index (χ0n) is 17.9. The van der Waals surface area contributed by atoms with E-state index in [0.717, 1.165) is 42.8 Å². The van der Waals surface area contributed by atoms with Gasteiger partial charge in [-0.1, -0.05) is 37.3 Å². The standard InChI is InChI=1S/C24H27N5O2/c1-15-10-17(28-9-8-23(2,13-28)16-6-4-3-5-7-16)12-29-21(15)26-22(27-29)24-11-18(31-14-24)19(24)20(25)30/h3-7,10,12,18-19H,8-9,11,13-14H2,1-2H3,(H2,25,30)/t18?,19?,23-,24?/m0/s1. The lowest BCUT2D eigenvalue weighted by atomic mass is 9.60. The summed E-state index contributed by atoms with van der Waals surface area (Å²) in [6.07, 6.45) is 3.86. The van der Waals surface area contributed by atoms with Gasteiger partial charge in [-0.3, -0.25) is 4.79 Å². The molecule has 160 valence electrons. The third-order valence-electron chi connectivity index (χ3n) is 7.75. The Balaban J connectivity index is 1.33. The summed E-state index contributed by atoms with van der Waals surface area (Å²) in [5.41, 5.74) is 9.77. The van der Waals surface area contributed by atoms with Crippen LogP contribution >= 0.6 is 0 Å². The van der Waals surface area contributed by atoms with Gasteiger partial charge in [0.2, 0.25) is 5.91 Å². The van der Waals surface area contributed by atoms with E-state index in [9.17, 15) is 4.79 Å². The fourth-order valence-corrected chi connectivity index (χ4v) is 5.88. The highest BCUT2D eigenvalue weighted by atomic mass is 16.5. The zero-order valence-corrected chi connectivity index (χ0v) is 17.9. The second-order valence-electron chi connectivity index (χ2n) is 9.77. The molecular weight excluding hydrogens is 390 g/mol. The number of pyridine rings is 1. The normalized spacial score (nSPS) is 31.9. The van der Waals surface area contributed by atoms with Crippen molar-refractivity contribution in [1.29, 1.82) is 0 Å². The molecule has 3 aromatic rings. The minimum Gasteiger partial charge on any atom is -0.376 e. The van der Waals surface area contributed by atoms with Gasteiger partial charge in [-0.05, 0) is 37.0 Å². The van der Waals surface area contributed by atoms with Gasteiger partial charge < -0.3 is 15.4 Å². The number of primary amides is 1. The number of nitrogens with two attached hydrogens (primary N) is 1. The van der Waals surface area contributed by atoms with E-state index in [1.807, 2.05) is 4.52 Å². The van der Waals surface area contributed by atoms with Crippen LogP contribution < -0.4 is 10.6 Å². The first-order valence-corrected chi connectivity index (χ1v) is 11.0. The average molecular weight is 418 g/mol. The largest absolute Gasteiger partial charge is 0.376 e. The van der Waals surface area contributed by atoms with E-state index in [1.54, 1.807) is 0 Å². The van der Waals surface area contributed by atoms with Crippen LogP contribution in [0.3, 0.4) is 0 Å². The monoisotopic (exact) mass is 417 g/mol. The second kappa shape index (κ2) is 6.29. The predicted molar refractivity (Wildman–Crippen MR) is 117 cm³/mol. The molecule has 4 fully saturated rings. The van der Waals surface area contributed by atoms with E-state index < -0.39 is 5.41 Å². The van der Waals surface area contributed by atoms with Gasteiger partial charge in [0.25, 0.3) is 0 Å². The van der Waals surface area contributed by atoms with Gasteiger partial charge >= 0.3 is 0 Å². The molecule has 31 heavy (non-hydrogen) atoms. The van der Waals surface area contributed by atoms with Crippen LogP contribution in [0.15, 0.2) is 42.6 Å². The molecule has 3 aliphatic heterocycles. The Morgan fingerprint density at radius 3 is 2.84 bits per heavy atom. The summed E-state index contributed by atoms with van der Waals surface area (Å²) in [7, 11) is 0. The van der Waals surface area contributed by atoms with Gasteiger partial charge in [0, 0.05) is 18.5 Å². The summed E-state index contributed by atoms with van der Waals surface area (Å²) in [6, 6.07) is 13.0. The predicted octanol–water partition coefficient (Wildman–Crippen LogP) is 2.35. The van der Waals surface area contributed by atoms with Crippen molar-refractivity contribution in [2.75, 3.05) is 24.6 Å². The zero-order chi connectivity index (χ0) is 21.4. The maximum atomic E-state index is 12.0. The van der Waals surface area contributed by atoms with Crippen molar-refractivity contribution >= 4 is 17.2 Å². The number of carbonyl (C=O) groups excluding carboxylic acids is 1. The topological polar surface area (TPSA) is 85.8 Å². The molecule has 7 nitrogen and oxygen atoms in total. The number of aromatic nitrogens is 3. The number of hydrogen-bond acceptors (Lipinski definition) is 5. The third-order valence-corrected chi connectivity index (χ3v) is 7.75. The maximum absolute atomic E-state index is 12.0. The summed E-state index contributed by atoms with van der Waals surface area (Å²) in [5, 5.41) is 4.82. The quantitative estimate of drug-likeness (QED) is 0.704. The van der Waals surface area contributed by atoms with Gasteiger partial charge in [0.15, 0.2) is 11.5 Å². The molecule has 7 rings (SSSR count). The summed E-state index contributed by atoms with van der Waals surface area (Å²) in [5.74, 6) is 0.0398. The van der Waals surface area contributed by atoms with Crippen molar-refractivity contribution in [2.24, 2.45) is 11.7 Å². The minimum atomic E-state index is -0.464. The Morgan fingerprint density at radius 1 is 1.29 bits per heavy atom. The van der Waals surface area contributed by atoms with Crippen molar-refractivity contribution in [3.8, 4) is 0 Å². The number of anilines is 1. The molecule has 0 spiro atoms. The van der Waals surface area contributed by atoms with Gasteiger partial charge in [-0.2, -0.15) is 5.10 Å². The molecular formula is C24H27N5O2. The Bertz CT molecular complexity index is 1190. The van der Waals surface area contributed by atoms with Crippen LogP contribution in [-0.2, 0) is 20.4 Å². The first-order valence-electron chi connectivity index (χ1n) is 11.0. The molecule has 0 radical (unpaired) electrons.